The molecule has 2 aliphatic rings. The molecule has 4 nitrogen and oxygen atoms in total. The summed E-state index contributed by atoms with van der Waals surface area (Å²) in [4.78, 5) is 29.7. The molecule has 32 heavy (non-hydrogen) atoms. The van der Waals surface area contributed by atoms with Crippen LogP contribution in [0.2, 0.25) is 0 Å². The Labute approximate surface area is 188 Å². The van der Waals surface area contributed by atoms with E-state index in [1.54, 1.807) is 0 Å². The number of nitrogens with one attached hydrogen (secondary N) is 2. The summed E-state index contributed by atoms with van der Waals surface area (Å²) in [6.07, 6.45) is 4.46. The van der Waals surface area contributed by atoms with Crippen molar-refractivity contribution in [2.24, 2.45) is 0 Å². The number of ketones is 2. The van der Waals surface area contributed by atoms with Gasteiger partial charge in [-0.1, -0.05) is 6.07 Å². The average molecular weight is 427 g/mol. The summed E-state index contributed by atoms with van der Waals surface area (Å²) in [5.41, 5.74) is 12.7. The number of rotatable bonds is 0. The third-order valence-electron chi connectivity index (χ3n) is 7.40. The van der Waals surface area contributed by atoms with E-state index < -0.39 is 0 Å². The molecule has 0 aliphatic heterocycles. The molecule has 0 fully saturated rings. The number of carbonyl (C=O) groups excluding carboxylic acids is 2. The van der Waals surface area contributed by atoms with Crippen molar-refractivity contribution in [1.82, 2.24) is 9.97 Å². The molecule has 2 aromatic carbocycles. The van der Waals surface area contributed by atoms with Crippen molar-refractivity contribution in [2.75, 3.05) is 0 Å². The van der Waals surface area contributed by atoms with E-state index in [0.717, 1.165) is 12.8 Å². The Hall–Kier alpha value is -3.14. The fourth-order valence-corrected chi connectivity index (χ4v) is 5.30. The highest BCUT2D eigenvalue weighted by molar-refractivity contribution is 5.93. The van der Waals surface area contributed by atoms with Crippen LogP contribution < -0.4 is 0 Å². The van der Waals surface area contributed by atoms with Gasteiger partial charge in [-0.2, -0.15) is 0 Å². The van der Waals surface area contributed by atoms with Crippen LogP contribution in [0.15, 0.2) is 24.3 Å². The first-order valence-electron chi connectivity index (χ1n) is 11.6. The van der Waals surface area contributed by atoms with E-state index in [0.29, 0.717) is 37.2 Å². The molecule has 0 saturated carbocycles. The summed E-state index contributed by atoms with van der Waals surface area (Å²) >= 11 is 0. The lowest BCUT2D eigenvalue weighted by molar-refractivity contribution is -0.119. The van der Waals surface area contributed by atoms with Gasteiger partial charge in [0, 0.05) is 58.9 Å². The van der Waals surface area contributed by atoms with Gasteiger partial charge in [-0.05, 0) is 92.1 Å². The lowest BCUT2D eigenvalue weighted by Gasteiger charge is -2.16. The topological polar surface area (TPSA) is 65.7 Å². The van der Waals surface area contributed by atoms with Gasteiger partial charge in [-0.25, -0.2) is 0 Å². The van der Waals surface area contributed by atoms with Crippen molar-refractivity contribution in [3.05, 3.63) is 69.0 Å². The molecule has 2 heterocycles. The number of aryl methyl sites for hydroxylation is 6. The normalized spacial score (nSPS) is 15.5. The molecule has 2 N–H and O–H groups in total. The first kappa shape index (κ1) is 20.7. The van der Waals surface area contributed by atoms with Gasteiger partial charge in [-0.15, -0.1) is 0 Å². The SMILES string of the molecule is Cc1[nH]c2cc3c(cc2c1C)CC(=O)CC3.Cc1[nH]c2ccc3c(c2c1C)CCC(=O)C3. The van der Waals surface area contributed by atoms with Crippen LogP contribution in [-0.4, -0.2) is 21.5 Å². The van der Waals surface area contributed by atoms with Crippen molar-refractivity contribution in [2.45, 2.75) is 66.2 Å². The molecule has 4 aromatic rings. The van der Waals surface area contributed by atoms with Crippen LogP contribution in [0.4, 0.5) is 0 Å². The second-order valence-corrected chi connectivity index (χ2v) is 9.47. The van der Waals surface area contributed by atoms with E-state index in [-0.39, 0.29) is 0 Å². The highest BCUT2D eigenvalue weighted by Gasteiger charge is 2.20. The summed E-state index contributed by atoms with van der Waals surface area (Å²) in [5, 5.41) is 2.62. The van der Waals surface area contributed by atoms with Crippen LogP contribution in [-0.2, 0) is 35.3 Å². The number of aromatic amines is 2. The molecular formula is C28H30N2O2. The summed E-state index contributed by atoms with van der Waals surface area (Å²) in [5.74, 6) is 0.744. The Balaban J connectivity index is 0.000000135. The predicted molar refractivity (Wildman–Crippen MR) is 130 cm³/mol. The van der Waals surface area contributed by atoms with E-state index in [2.05, 4.69) is 61.9 Å². The largest absolute Gasteiger partial charge is 0.358 e. The van der Waals surface area contributed by atoms with Crippen LogP contribution in [0.1, 0.15) is 57.6 Å². The zero-order valence-corrected chi connectivity index (χ0v) is 19.4. The molecule has 6 rings (SSSR count). The first-order chi connectivity index (χ1) is 15.3. The zero-order chi connectivity index (χ0) is 22.6. The van der Waals surface area contributed by atoms with Gasteiger partial charge in [0.1, 0.15) is 11.6 Å². The third kappa shape index (κ3) is 3.48. The Morgan fingerprint density at radius 1 is 0.656 bits per heavy atom. The summed E-state index contributed by atoms with van der Waals surface area (Å²) in [6, 6.07) is 8.62. The van der Waals surface area contributed by atoms with Gasteiger partial charge in [0.15, 0.2) is 0 Å². The van der Waals surface area contributed by atoms with E-state index >= 15 is 0 Å². The minimum Gasteiger partial charge on any atom is -0.358 e. The maximum atomic E-state index is 11.4. The summed E-state index contributed by atoms with van der Waals surface area (Å²) in [7, 11) is 0. The van der Waals surface area contributed by atoms with Crippen LogP contribution in [0, 0.1) is 27.7 Å². The highest BCUT2D eigenvalue weighted by Crippen LogP contribution is 2.31. The number of aromatic nitrogens is 2. The molecule has 0 bridgehead atoms. The lowest BCUT2D eigenvalue weighted by atomic mass is 9.87. The quantitative estimate of drug-likeness (QED) is 0.380. The van der Waals surface area contributed by atoms with Gasteiger partial charge in [0.25, 0.3) is 0 Å². The third-order valence-corrected chi connectivity index (χ3v) is 7.40. The zero-order valence-electron chi connectivity index (χ0n) is 19.4. The molecule has 164 valence electrons. The first-order valence-corrected chi connectivity index (χ1v) is 11.6. The summed E-state index contributed by atoms with van der Waals surface area (Å²) in [6.45, 7) is 8.49. The smallest absolute Gasteiger partial charge is 0.137 e. The molecule has 0 unspecified atom stereocenters. The van der Waals surface area contributed by atoms with Gasteiger partial charge in [0.05, 0.1) is 0 Å². The van der Waals surface area contributed by atoms with Crippen molar-refractivity contribution < 1.29 is 9.59 Å². The van der Waals surface area contributed by atoms with E-state index in [1.807, 2.05) is 0 Å². The number of carbonyl (C=O) groups is 2. The number of hydrogen-bond acceptors (Lipinski definition) is 2. The van der Waals surface area contributed by atoms with Gasteiger partial charge in [-0.3, -0.25) is 9.59 Å². The number of H-pyrrole nitrogens is 2. The van der Waals surface area contributed by atoms with E-state index in [1.165, 1.54) is 66.6 Å². The van der Waals surface area contributed by atoms with Crippen molar-refractivity contribution in [3.63, 3.8) is 0 Å². The fraction of sp³-hybridized carbons (Fsp3) is 0.357. The molecule has 0 radical (unpaired) electrons. The number of hydrogen-bond donors (Lipinski definition) is 2. The minimum atomic E-state index is 0.372. The predicted octanol–water partition coefficient (Wildman–Crippen LogP) is 5.69. The number of Topliss-reactive ketones (excluding diaryl/α,β-unsaturated/α-hetero) is 2. The molecular weight excluding hydrogens is 396 g/mol. The van der Waals surface area contributed by atoms with Crippen molar-refractivity contribution in [1.29, 1.82) is 0 Å². The van der Waals surface area contributed by atoms with E-state index in [4.69, 9.17) is 0 Å². The minimum absolute atomic E-state index is 0.372. The molecule has 0 atom stereocenters. The van der Waals surface area contributed by atoms with E-state index in [9.17, 15) is 9.59 Å². The monoisotopic (exact) mass is 426 g/mol. The summed E-state index contributed by atoms with van der Waals surface area (Å²) < 4.78 is 0. The number of benzene rings is 2. The Morgan fingerprint density at radius 2 is 1.31 bits per heavy atom. The van der Waals surface area contributed by atoms with Crippen LogP contribution in [0.5, 0.6) is 0 Å². The van der Waals surface area contributed by atoms with Gasteiger partial charge >= 0.3 is 0 Å². The second kappa shape index (κ2) is 7.77. The molecule has 0 spiro atoms. The molecule has 2 aliphatic carbocycles. The highest BCUT2D eigenvalue weighted by atomic mass is 16.1. The Kier molecular flexibility index (Phi) is 5.04. The second-order valence-electron chi connectivity index (χ2n) is 9.47. The molecule has 2 aromatic heterocycles. The maximum absolute atomic E-state index is 11.4. The molecule has 0 amide bonds. The average Bonchev–Trinajstić information content (AvgIpc) is 3.21. The van der Waals surface area contributed by atoms with Crippen LogP contribution in [0.3, 0.4) is 0 Å². The lowest BCUT2D eigenvalue weighted by Crippen LogP contribution is -2.13. The van der Waals surface area contributed by atoms with Crippen molar-refractivity contribution in [3.8, 4) is 0 Å². The van der Waals surface area contributed by atoms with Gasteiger partial charge < -0.3 is 9.97 Å². The molecule has 0 saturated heterocycles. The maximum Gasteiger partial charge on any atom is 0.137 e. The Morgan fingerprint density at radius 3 is 2.09 bits per heavy atom. The molecule has 4 heteroatoms. The number of fused-ring (bicyclic) bond motifs is 5. The van der Waals surface area contributed by atoms with Crippen LogP contribution in [0.25, 0.3) is 21.8 Å². The van der Waals surface area contributed by atoms with Crippen LogP contribution >= 0.6 is 0 Å². The standard InChI is InChI=1S/2C14H15NO/c1-8-9(2)15-13-6-3-10-7-11(16)4-5-12(10)14(8)13;1-8-9(2)15-14-7-10-3-4-12(16)5-11(10)6-13(8)14/h3,6,15H,4-5,7H2,1-2H3;6-7,15H,3-5H2,1-2H3. The van der Waals surface area contributed by atoms with Gasteiger partial charge in [0.2, 0.25) is 0 Å². The Bertz CT molecular complexity index is 1390. The fourth-order valence-electron chi connectivity index (χ4n) is 5.30. The van der Waals surface area contributed by atoms with Crippen molar-refractivity contribution >= 4 is 33.4 Å².